The fourth-order valence-corrected chi connectivity index (χ4v) is 2.44. The monoisotopic (exact) mass is 265 g/mol. The molecule has 6 nitrogen and oxygen atoms in total. The van der Waals surface area contributed by atoms with Crippen LogP contribution in [0.15, 0.2) is 0 Å². The highest BCUT2D eigenvalue weighted by Crippen LogP contribution is 2.16. The van der Waals surface area contributed by atoms with Gasteiger partial charge < -0.3 is 10.2 Å². The lowest BCUT2D eigenvalue weighted by Crippen LogP contribution is -2.43. The standard InChI is InChI=1S/C13H23N5O/c1-9(2)18(8-11-4-6-14-7-5-11)13(19)12-15-10(3)16-17-12/h9,11,14H,4-8H2,1-3H3,(H,15,16,17). The van der Waals surface area contributed by atoms with Crippen molar-refractivity contribution in [2.45, 2.75) is 39.7 Å². The summed E-state index contributed by atoms with van der Waals surface area (Å²) in [4.78, 5) is 18.5. The minimum Gasteiger partial charge on any atom is -0.333 e. The summed E-state index contributed by atoms with van der Waals surface area (Å²) in [6.45, 7) is 8.77. The second-order valence-corrected chi connectivity index (χ2v) is 5.49. The Balaban J connectivity index is 2.04. The Morgan fingerprint density at radius 1 is 1.42 bits per heavy atom. The van der Waals surface area contributed by atoms with Crippen LogP contribution < -0.4 is 5.32 Å². The number of nitrogens with zero attached hydrogens (tertiary/aromatic N) is 3. The van der Waals surface area contributed by atoms with Crippen LogP contribution in [0.2, 0.25) is 0 Å². The molecule has 1 fully saturated rings. The van der Waals surface area contributed by atoms with Gasteiger partial charge >= 0.3 is 0 Å². The molecule has 0 atom stereocenters. The van der Waals surface area contributed by atoms with E-state index in [0.717, 1.165) is 32.5 Å². The van der Waals surface area contributed by atoms with Crippen molar-refractivity contribution in [3.63, 3.8) is 0 Å². The molecule has 1 aromatic rings. The predicted octanol–water partition coefficient (Wildman–Crippen LogP) is 0.963. The highest BCUT2D eigenvalue weighted by atomic mass is 16.2. The van der Waals surface area contributed by atoms with E-state index in [4.69, 9.17) is 0 Å². The van der Waals surface area contributed by atoms with Gasteiger partial charge in [-0.15, -0.1) is 5.10 Å². The zero-order valence-electron chi connectivity index (χ0n) is 11.9. The summed E-state index contributed by atoms with van der Waals surface area (Å²) in [6, 6.07) is 0.168. The lowest BCUT2D eigenvalue weighted by molar-refractivity contribution is 0.0646. The van der Waals surface area contributed by atoms with Crippen molar-refractivity contribution < 1.29 is 4.79 Å². The van der Waals surface area contributed by atoms with Crippen LogP contribution in [0.1, 0.15) is 43.1 Å². The molecule has 2 rings (SSSR count). The molecule has 6 heteroatoms. The minimum atomic E-state index is -0.0714. The number of hydrogen-bond acceptors (Lipinski definition) is 4. The molecule has 0 saturated carbocycles. The van der Waals surface area contributed by atoms with Crippen LogP contribution in [-0.4, -0.2) is 51.7 Å². The first-order valence-corrected chi connectivity index (χ1v) is 6.98. The van der Waals surface area contributed by atoms with Gasteiger partial charge in [0.15, 0.2) is 0 Å². The summed E-state index contributed by atoms with van der Waals surface area (Å²) in [6.07, 6.45) is 2.26. The Kier molecular flexibility index (Phi) is 4.52. The third-order valence-electron chi connectivity index (χ3n) is 3.59. The number of H-pyrrole nitrogens is 1. The molecule has 2 heterocycles. The normalized spacial score (nSPS) is 16.8. The minimum absolute atomic E-state index is 0.0714. The Hall–Kier alpha value is -1.43. The van der Waals surface area contributed by atoms with E-state index in [1.165, 1.54) is 0 Å². The van der Waals surface area contributed by atoms with Gasteiger partial charge in [-0.3, -0.25) is 9.89 Å². The molecule has 0 unspecified atom stereocenters. The quantitative estimate of drug-likeness (QED) is 0.850. The average molecular weight is 265 g/mol. The number of aryl methyl sites for hydroxylation is 1. The summed E-state index contributed by atoms with van der Waals surface area (Å²) in [5.41, 5.74) is 0. The zero-order valence-corrected chi connectivity index (χ0v) is 11.9. The Morgan fingerprint density at radius 3 is 2.63 bits per heavy atom. The maximum Gasteiger partial charge on any atom is 0.293 e. The van der Waals surface area contributed by atoms with E-state index in [-0.39, 0.29) is 17.8 Å². The van der Waals surface area contributed by atoms with E-state index < -0.39 is 0 Å². The molecule has 1 saturated heterocycles. The second-order valence-electron chi connectivity index (χ2n) is 5.49. The fraction of sp³-hybridized carbons (Fsp3) is 0.769. The smallest absolute Gasteiger partial charge is 0.293 e. The topological polar surface area (TPSA) is 73.9 Å². The van der Waals surface area contributed by atoms with Gasteiger partial charge in [-0.25, -0.2) is 4.98 Å². The molecule has 1 aliphatic rings. The third-order valence-corrected chi connectivity index (χ3v) is 3.59. The number of piperidine rings is 1. The number of carbonyl (C=O) groups excluding carboxylic acids is 1. The van der Waals surface area contributed by atoms with Crippen LogP contribution in [-0.2, 0) is 0 Å². The van der Waals surface area contributed by atoms with Gasteiger partial charge in [0.1, 0.15) is 5.82 Å². The molecule has 19 heavy (non-hydrogen) atoms. The number of nitrogens with one attached hydrogen (secondary N) is 2. The van der Waals surface area contributed by atoms with E-state index in [2.05, 4.69) is 20.5 Å². The Labute approximate surface area is 114 Å². The lowest BCUT2D eigenvalue weighted by Gasteiger charge is -2.32. The SMILES string of the molecule is Cc1nc(C(=O)N(CC2CCNCC2)C(C)C)n[nH]1. The van der Waals surface area contributed by atoms with Gasteiger partial charge in [0.2, 0.25) is 5.82 Å². The van der Waals surface area contributed by atoms with Gasteiger partial charge in [0.05, 0.1) is 0 Å². The molecular weight excluding hydrogens is 242 g/mol. The second kappa shape index (κ2) is 6.14. The largest absolute Gasteiger partial charge is 0.333 e. The van der Waals surface area contributed by atoms with E-state index in [9.17, 15) is 4.79 Å². The number of amides is 1. The number of aromatic amines is 1. The number of carbonyl (C=O) groups is 1. The van der Waals surface area contributed by atoms with E-state index in [1.807, 2.05) is 18.7 Å². The highest BCUT2D eigenvalue weighted by Gasteiger charge is 2.26. The van der Waals surface area contributed by atoms with Crippen LogP contribution in [0.3, 0.4) is 0 Å². The number of hydrogen-bond donors (Lipinski definition) is 2. The Bertz CT molecular complexity index is 422. The average Bonchev–Trinajstić information content (AvgIpc) is 2.83. The Morgan fingerprint density at radius 2 is 2.11 bits per heavy atom. The van der Waals surface area contributed by atoms with Crippen LogP contribution in [0.4, 0.5) is 0 Å². The van der Waals surface area contributed by atoms with Crippen molar-refractivity contribution in [2.75, 3.05) is 19.6 Å². The van der Waals surface area contributed by atoms with E-state index >= 15 is 0 Å². The summed E-state index contributed by atoms with van der Waals surface area (Å²) in [5.74, 6) is 1.46. The van der Waals surface area contributed by atoms with Crippen molar-refractivity contribution in [3.05, 3.63) is 11.6 Å². The molecule has 1 amide bonds. The first kappa shape index (κ1) is 14.0. The van der Waals surface area contributed by atoms with Gasteiger partial charge in [0.25, 0.3) is 5.91 Å². The molecule has 0 aliphatic carbocycles. The molecule has 1 aromatic heterocycles. The molecule has 0 spiro atoms. The molecule has 1 aliphatic heterocycles. The van der Waals surface area contributed by atoms with E-state index in [0.29, 0.717) is 11.7 Å². The fourth-order valence-electron chi connectivity index (χ4n) is 2.44. The summed E-state index contributed by atoms with van der Waals surface area (Å²) in [7, 11) is 0. The van der Waals surface area contributed by atoms with Gasteiger partial charge in [-0.2, -0.15) is 0 Å². The van der Waals surface area contributed by atoms with E-state index in [1.54, 1.807) is 6.92 Å². The maximum absolute atomic E-state index is 12.4. The molecule has 0 aromatic carbocycles. The summed E-state index contributed by atoms with van der Waals surface area (Å²) in [5, 5.41) is 10.0. The maximum atomic E-state index is 12.4. The van der Waals surface area contributed by atoms with Gasteiger partial charge in [-0.05, 0) is 52.6 Å². The molecule has 2 N–H and O–H groups in total. The van der Waals surface area contributed by atoms with Crippen LogP contribution >= 0.6 is 0 Å². The van der Waals surface area contributed by atoms with Crippen molar-refractivity contribution in [2.24, 2.45) is 5.92 Å². The van der Waals surface area contributed by atoms with Crippen molar-refractivity contribution in [1.82, 2.24) is 25.4 Å². The first-order valence-electron chi connectivity index (χ1n) is 6.98. The molecule has 106 valence electrons. The van der Waals surface area contributed by atoms with Crippen molar-refractivity contribution >= 4 is 5.91 Å². The summed E-state index contributed by atoms with van der Waals surface area (Å²) < 4.78 is 0. The molecule has 0 bridgehead atoms. The van der Waals surface area contributed by atoms with Crippen LogP contribution in [0.5, 0.6) is 0 Å². The first-order chi connectivity index (χ1) is 9.08. The molecular formula is C13H23N5O. The lowest BCUT2D eigenvalue weighted by atomic mass is 9.97. The van der Waals surface area contributed by atoms with Crippen LogP contribution in [0, 0.1) is 12.8 Å². The third kappa shape index (κ3) is 3.53. The van der Waals surface area contributed by atoms with Gasteiger partial charge in [-0.1, -0.05) is 0 Å². The molecule has 0 radical (unpaired) electrons. The number of aromatic nitrogens is 3. The van der Waals surface area contributed by atoms with Crippen molar-refractivity contribution in [1.29, 1.82) is 0 Å². The van der Waals surface area contributed by atoms with Gasteiger partial charge in [0, 0.05) is 12.6 Å². The van der Waals surface area contributed by atoms with Crippen LogP contribution in [0.25, 0.3) is 0 Å². The summed E-state index contributed by atoms with van der Waals surface area (Å²) >= 11 is 0. The number of rotatable bonds is 4. The zero-order chi connectivity index (χ0) is 13.8. The van der Waals surface area contributed by atoms with Crippen molar-refractivity contribution in [3.8, 4) is 0 Å². The predicted molar refractivity (Wildman–Crippen MR) is 72.9 cm³/mol. The highest BCUT2D eigenvalue weighted by molar-refractivity contribution is 5.90.